The Hall–Kier alpha value is -0.830. The molecule has 1 aromatic carbocycles. The van der Waals surface area contributed by atoms with Crippen LogP contribution >= 0.6 is 7.75 Å². The zero-order valence-corrected chi connectivity index (χ0v) is 9.03. The van der Waals surface area contributed by atoms with Gasteiger partial charge in [0.2, 0.25) is 0 Å². The minimum absolute atomic E-state index is 0.339. The molecule has 1 aromatic rings. The summed E-state index contributed by atoms with van der Waals surface area (Å²) in [5, 5.41) is 0. The third kappa shape index (κ3) is 1.57. The van der Waals surface area contributed by atoms with Crippen molar-refractivity contribution >= 4 is 7.75 Å². The lowest BCUT2D eigenvalue weighted by Gasteiger charge is -2.28. The van der Waals surface area contributed by atoms with E-state index in [0.717, 1.165) is 5.56 Å². The van der Waals surface area contributed by atoms with Crippen LogP contribution in [-0.2, 0) is 15.7 Å². The molecule has 76 valence electrons. The molecule has 0 saturated carbocycles. The molecule has 0 aliphatic carbocycles. The predicted molar refractivity (Wildman–Crippen MR) is 53.2 cm³/mol. The molecule has 1 unspecified atom stereocenters. The average Bonchev–Trinajstić information content (AvgIpc) is 2.17. The molecule has 0 spiro atoms. The van der Waals surface area contributed by atoms with E-state index in [9.17, 15) is 4.57 Å². The summed E-state index contributed by atoms with van der Waals surface area (Å²) in [6.07, 6.45) is 0. The molecule has 5 heteroatoms. The third-order valence-corrected chi connectivity index (χ3v) is 3.92. The number of fused-ring (bicyclic) bond motifs is 1. The molecule has 1 aliphatic heterocycles. The van der Waals surface area contributed by atoms with Gasteiger partial charge in [-0.15, -0.1) is 0 Å². The van der Waals surface area contributed by atoms with E-state index in [-0.39, 0.29) is 0 Å². The number of benzene rings is 1. The molecule has 0 aromatic heterocycles. The highest BCUT2D eigenvalue weighted by Gasteiger charge is 2.34. The summed E-state index contributed by atoms with van der Waals surface area (Å²) >= 11 is 0. The second-order valence-corrected chi connectivity index (χ2v) is 5.47. The van der Waals surface area contributed by atoms with Crippen LogP contribution in [0, 0.1) is 0 Å². The lowest BCUT2D eigenvalue weighted by Crippen LogP contribution is -2.18. The second-order valence-electron chi connectivity index (χ2n) is 3.29. The van der Waals surface area contributed by atoms with Crippen LogP contribution in [0.5, 0.6) is 5.75 Å². The van der Waals surface area contributed by atoms with Crippen molar-refractivity contribution in [2.75, 3.05) is 14.1 Å². The van der Waals surface area contributed by atoms with Crippen molar-refractivity contribution < 1.29 is 13.6 Å². The van der Waals surface area contributed by atoms with Gasteiger partial charge in [-0.2, -0.15) is 0 Å². The van der Waals surface area contributed by atoms with Crippen LogP contribution in [0.3, 0.4) is 0 Å². The third-order valence-electron chi connectivity index (χ3n) is 2.06. The van der Waals surface area contributed by atoms with Crippen LogP contribution in [0.25, 0.3) is 0 Å². The van der Waals surface area contributed by atoms with Gasteiger partial charge in [0.25, 0.3) is 0 Å². The topological polar surface area (TPSA) is 38.8 Å². The molecule has 14 heavy (non-hydrogen) atoms. The molecule has 0 fully saturated rings. The van der Waals surface area contributed by atoms with Gasteiger partial charge in [0.15, 0.2) is 0 Å². The van der Waals surface area contributed by atoms with Gasteiger partial charge >= 0.3 is 7.75 Å². The van der Waals surface area contributed by atoms with Gasteiger partial charge in [-0.25, -0.2) is 9.24 Å². The molecular weight excluding hydrogens is 201 g/mol. The monoisotopic (exact) mass is 213 g/mol. The Labute approximate surface area is 83.0 Å². The van der Waals surface area contributed by atoms with Crippen LogP contribution in [0.15, 0.2) is 24.3 Å². The van der Waals surface area contributed by atoms with E-state index in [2.05, 4.69) is 0 Å². The van der Waals surface area contributed by atoms with E-state index in [1.165, 1.54) is 4.67 Å². The molecule has 1 atom stereocenters. The van der Waals surface area contributed by atoms with E-state index in [0.29, 0.717) is 12.4 Å². The van der Waals surface area contributed by atoms with Crippen LogP contribution in [0.1, 0.15) is 5.56 Å². The molecule has 0 bridgehead atoms. The Balaban J connectivity index is 2.34. The smallest absolute Gasteiger partial charge is 0.413 e. The number of para-hydroxylation sites is 1. The van der Waals surface area contributed by atoms with Gasteiger partial charge < -0.3 is 4.52 Å². The van der Waals surface area contributed by atoms with Gasteiger partial charge in [-0.1, -0.05) is 18.2 Å². The van der Waals surface area contributed by atoms with Crippen molar-refractivity contribution in [3.8, 4) is 5.75 Å². The lowest BCUT2D eigenvalue weighted by molar-refractivity contribution is 0.198. The Morgan fingerprint density at radius 2 is 2.07 bits per heavy atom. The van der Waals surface area contributed by atoms with Gasteiger partial charge in [0.05, 0.1) is 6.61 Å². The first-order chi connectivity index (χ1) is 6.62. The van der Waals surface area contributed by atoms with Crippen LogP contribution in [0.4, 0.5) is 0 Å². The number of nitrogens with zero attached hydrogens (tertiary/aromatic N) is 1. The first-order valence-electron chi connectivity index (χ1n) is 4.32. The summed E-state index contributed by atoms with van der Waals surface area (Å²) in [5.41, 5.74) is 0.931. The minimum Gasteiger partial charge on any atom is -0.413 e. The van der Waals surface area contributed by atoms with Gasteiger partial charge in [-0.05, 0) is 20.2 Å². The first kappa shape index (κ1) is 9.71. The maximum atomic E-state index is 12.0. The summed E-state index contributed by atoms with van der Waals surface area (Å²) in [4.78, 5) is 0. The van der Waals surface area contributed by atoms with E-state index < -0.39 is 7.75 Å². The fourth-order valence-electron chi connectivity index (χ4n) is 1.21. The Morgan fingerprint density at radius 3 is 2.79 bits per heavy atom. The van der Waals surface area contributed by atoms with Crippen molar-refractivity contribution in [2.45, 2.75) is 6.61 Å². The minimum atomic E-state index is -3.08. The molecule has 2 rings (SSSR count). The quantitative estimate of drug-likeness (QED) is 0.671. The van der Waals surface area contributed by atoms with Crippen LogP contribution in [0.2, 0.25) is 0 Å². The van der Waals surface area contributed by atoms with Crippen molar-refractivity contribution in [1.82, 2.24) is 4.67 Å². The zero-order chi connectivity index (χ0) is 10.2. The summed E-state index contributed by atoms with van der Waals surface area (Å²) in [5.74, 6) is 0.649. The standard InChI is InChI=1S/C9H12NO3P/c1-10(2)14(11)12-7-8-5-3-4-6-9(8)13-14/h3-6H,7H2,1-2H3. The molecule has 0 radical (unpaired) electrons. The highest BCUT2D eigenvalue weighted by Crippen LogP contribution is 2.54. The first-order valence-corrected chi connectivity index (χ1v) is 5.81. The van der Waals surface area contributed by atoms with E-state index in [4.69, 9.17) is 9.05 Å². The van der Waals surface area contributed by atoms with Crippen LogP contribution < -0.4 is 4.52 Å². The van der Waals surface area contributed by atoms with E-state index in [1.807, 2.05) is 18.2 Å². The molecule has 1 aliphatic rings. The Morgan fingerprint density at radius 1 is 1.36 bits per heavy atom. The van der Waals surface area contributed by atoms with E-state index >= 15 is 0 Å². The largest absolute Gasteiger partial charge is 0.461 e. The van der Waals surface area contributed by atoms with Crippen molar-refractivity contribution in [2.24, 2.45) is 0 Å². The summed E-state index contributed by atoms with van der Waals surface area (Å²) in [6.45, 7) is 0.339. The average molecular weight is 213 g/mol. The number of hydrogen-bond donors (Lipinski definition) is 0. The van der Waals surface area contributed by atoms with Gasteiger partial charge in [-0.3, -0.25) is 4.52 Å². The fraction of sp³-hybridized carbons (Fsp3) is 0.333. The van der Waals surface area contributed by atoms with Crippen molar-refractivity contribution in [1.29, 1.82) is 0 Å². The molecule has 0 amide bonds. The summed E-state index contributed by atoms with van der Waals surface area (Å²) in [6, 6.07) is 7.45. The number of hydrogen-bond acceptors (Lipinski definition) is 3. The molecule has 1 heterocycles. The highest BCUT2D eigenvalue weighted by atomic mass is 31.2. The van der Waals surface area contributed by atoms with Crippen molar-refractivity contribution in [3.05, 3.63) is 29.8 Å². The molecular formula is C9H12NO3P. The maximum Gasteiger partial charge on any atom is 0.461 e. The SMILES string of the molecule is CN(C)P1(=O)OCc2ccccc2O1. The predicted octanol–water partition coefficient (Wildman–Crippen LogP) is 2.27. The van der Waals surface area contributed by atoms with Crippen LogP contribution in [-0.4, -0.2) is 18.8 Å². The van der Waals surface area contributed by atoms with Gasteiger partial charge in [0.1, 0.15) is 5.75 Å². The highest BCUT2D eigenvalue weighted by molar-refractivity contribution is 7.51. The summed E-state index contributed by atoms with van der Waals surface area (Å²) < 4.78 is 24.0. The molecule has 0 N–H and O–H groups in total. The van der Waals surface area contributed by atoms with Gasteiger partial charge in [0, 0.05) is 5.56 Å². The Kier molecular flexibility index (Phi) is 2.35. The summed E-state index contributed by atoms with van der Waals surface area (Å²) in [7, 11) is 0.266. The van der Waals surface area contributed by atoms with Crippen molar-refractivity contribution in [3.63, 3.8) is 0 Å². The molecule has 4 nitrogen and oxygen atoms in total. The van der Waals surface area contributed by atoms with E-state index in [1.54, 1.807) is 20.2 Å². The lowest BCUT2D eigenvalue weighted by atomic mass is 10.2. The fourth-order valence-corrected chi connectivity index (χ4v) is 2.39. The Bertz CT molecular complexity index is 391. The molecule has 0 saturated heterocycles. The normalized spacial score (nSPS) is 25.6. The maximum absolute atomic E-state index is 12.0. The number of rotatable bonds is 1. The second kappa shape index (κ2) is 3.39. The zero-order valence-electron chi connectivity index (χ0n) is 8.14.